The molecule has 2 heterocycles. The number of ether oxygens (including phenoxy) is 1. The summed E-state index contributed by atoms with van der Waals surface area (Å²) in [5, 5.41) is 10.3. The first-order valence-corrected chi connectivity index (χ1v) is 13.5. The molecule has 1 aromatic heterocycles. The van der Waals surface area contributed by atoms with Gasteiger partial charge < -0.3 is 15.4 Å². The Kier molecular flexibility index (Phi) is 7.16. The van der Waals surface area contributed by atoms with Gasteiger partial charge in [0.2, 0.25) is 5.91 Å². The van der Waals surface area contributed by atoms with Crippen molar-refractivity contribution in [1.29, 1.82) is 0 Å². The Balaban J connectivity index is 1.48. The molecule has 1 aliphatic heterocycles. The second kappa shape index (κ2) is 10.1. The minimum atomic E-state index is -3.40. The maximum absolute atomic E-state index is 14.9. The average Bonchev–Trinajstić information content (AvgIpc) is 3.23. The summed E-state index contributed by atoms with van der Waals surface area (Å²) in [4.78, 5) is 12.7. The number of carbonyl (C=O) groups excluding carboxylic acids is 1. The second-order valence-corrected chi connectivity index (χ2v) is 11.0. The van der Waals surface area contributed by atoms with Crippen LogP contribution < -0.4 is 15.4 Å². The normalized spacial score (nSPS) is 17.1. The number of rotatable bonds is 8. The Labute approximate surface area is 210 Å². The quantitative estimate of drug-likeness (QED) is 0.555. The highest BCUT2D eigenvalue weighted by molar-refractivity contribution is 7.94. The second-order valence-electron chi connectivity index (χ2n) is 8.98. The summed E-state index contributed by atoms with van der Waals surface area (Å²) in [6.45, 7) is 6.77. The van der Waals surface area contributed by atoms with E-state index < -0.39 is 15.7 Å². The van der Waals surface area contributed by atoms with Crippen molar-refractivity contribution in [2.75, 3.05) is 11.6 Å². The minimum Gasteiger partial charge on any atom is -0.457 e. The van der Waals surface area contributed by atoms with E-state index in [1.807, 2.05) is 17.7 Å². The number of amides is 1. The van der Waals surface area contributed by atoms with E-state index in [4.69, 9.17) is 4.74 Å². The Morgan fingerprint density at radius 2 is 2.06 bits per heavy atom. The van der Waals surface area contributed by atoms with Crippen molar-refractivity contribution < 1.29 is 22.3 Å². The lowest BCUT2D eigenvalue weighted by atomic mass is 9.98. The molecule has 1 aromatic carbocycles. The van der Waals surface area contributed by atoms with Crippen LogP contribution in [0.15, 0.2) is 71.0 Å². The van der Waals surface area contributed by atoms with Crippen molar-refractivity contribution in [2.45, 2.75) is 45.7 Å². The summed E-state index contributed by atoms with van der Waals surface area (Å²) in [6, 6.07) is 5.87. The van der Waals surface area contributed by atoms with Crippen molar-refractivity contribution in [3.8, 4) is 5.75 Å². The lowest BCUT2D eigenvalue weighted by Crippen LogP contribution is -2.30. The van der Waals surface area contributed by atoms with Crippen molar-refractivity contribution in [3.05, 3.63) is 88.1 Å². The molecule has 0 bridgehead atoms. The molecule has 0 spiro atoms. The Morgan fingerprint density at radius 3 is 2.69 bits per heavy atom. The molecule has 36 heavy (non-hydrogen) atoms. The Morgan fingerprint density at radius 1 is 1.28 bits per heavy atom. The van der Waals surface area contributed by atoms with E-state index in [1.54, 1.807) is 36.6 Å². The van der Waals surface area contributed by atoms with Gasteiger partial charge in [0.1, 0.15) is 17.3 Å². The highest BCUT2D eigenvalue weighted by Crippen LogP contribution is 2.28. The lowest BCUT2D eigenvalue weighted by Gasteiger charge is -2.25. The largest absolute Gasteiger partial charge is 0.457 e. The number of sulfone groups is 1. The summed E-state index contributed by atoms with van der Waals surface area (Å²) < 4.78 is 46.5. The molecular formula is C26H29FN4O4S. The molecule has 1 aliphatic carbocycles. The van der Waals surface area contributed by atoms with Crippen LogP contribution in [-0.2, 0) is 27.6 Å². The number of allylic oxidation sites excluding steroid dienone is 2. The number of benzene rings is 1. The van der Waals surface area contributed by atoms with E-state index in [9.17, 15) is 17.6 Å². The van der Waals surface area contributed by atoms with E-state index >= 15 is 0 Å². The first-order chi connectivity index (χ1) is 17.0. The van der Waals surface area contributed by atoms with Gasteiger partial charge in [-0.2, -0.15) is 5.10 Å². The zero-order chi connectivity index (χ0) is 26.0. The SMILES string of the molecule is CCn1nc(NC(=O)Cc2ccc(OC3=C4C=C(S(C)(=O)=O)C=CC4NC=C3)cc2F)cc1C(C)C. The fourth-order valence-electron chi connectivity index (χ4n) is 4.04. The highest BCUT2D eigenvalue weighted by Gasteiger charge is 2.24. The van der Waals surface area contributed by atoms with Crippen LogP contribution in [-0.4, -0.2) is 36.4 Å². The average molecular weight is 513 g/mol. The molecule has 10 heteroatoms. The maximum Gasteiger partial charge on any atom is 0.230 e. The molecule has 190 valence electrons. The monoisotopic (exact) mass is 512 g/mol. The maximum atomic E-state index is 14.9. The molecule has 0 radical (unpaired) electrons. The molecular weight excluding hydrogens is 483 g/mol. The van der Waals surface area contributed by atoms with Crippen molar-refractivity contribution in [3.63, 3.8) is 0 Å². The van der Waals surface area contributed by atoms with Gasteiger partial charge in [0.25, 0.3) is 0 Å². The highest BCUT2D eigenvalue weighted by atomic mass is 32.2. The van der Waals surface area contributed by atoms with Crippen LogP contribution in [0.3, 0.4) is 0 Å². The number of fused-ring (bicyclic) bond motifs is 1. The summed E-state index contributed by atoms with van der Waals surface area (Å²) in [7, 11) is -3.40. The number of nitrogens with zero attached hydrogens (tertiary/aromatic N) is 2. The van der Waals surface area contributed by atoms with Crippen LogP contribution in [0.1, 0.15) is 37.9 Å². The number of halogens is 1. The molecule has 0 saturated carbocycles. The van der Waals surface area contributed by atoms with Gasteiger partial charge >= 0.3 is 0 Å². The fraction of sp³-hybridized carbons (Fsp3) is 0.308. The van der Waals surface area contributed by atoms with Crippen LogP contribution in [0.5, 0.6) is 5.75 Å². The van der Waals surface area contributed by atoms with Crippen LogP contribution in [0, 0.1) is 5.82 Å². The van der Waals surface area contributed by atoms with E-state index in [0.29, 0.717) is 23.7 Å². The van der Waals surface area contributed by atoms with Crippen LogP contribution in [0.25, 0.3) is 0 Å². The van der Waals surface area contributed by atoms with Gasteiger partial charge in [0.15, 0.2) is 15.7 Å². The third kappa shape index (κ3) is 5.59. The molecule has 2 aromatic rings. The molecule has 0 saturated heterocycles. The van der Waals surface area contributed by atoms with E-state index in [-0.39, 0.29) is 40.5 Å². The van der Waals surface area contributed by atoms with Crippen LogP contribution in [0.2, 0.25) is 0 Å². The summed E-state index contributed by atoms with van der Waals surface area (Å²) in [6.07, 6.45) is 9.14. The number of anilines is 1. The molecule has 0 fully saturated rings. The lowest BCUT2D eigenvalue weighted by molar-refractivity contribution is -0.115. The number of dihydropyridines is 1. The van der Waals surface area contributed by atoms with Gasteiger partial charge in [-0.3, -0.25) is 9.48 Å². The fourth-order valence-corrected chi connectivity index (χ4v) is 4.70. The van der Waals surface area contributed by atoms with Gasteiger partial charge in [-0.25, -0.2) is 12.8 Å². The van der Waals surface area contributed by atoms with E-state index in [0.717, 1.165) is 11.9 Å². The number of hydrogen-bond acceptors (Lipinski definition) is 6. The Hall–Kier alpha value is -3.66. The molecule has 2 N–H and O–H groups in total. The van der Waals surface area contributed by atoms with Gasteiger partial charge in [0, 0.05) is 42.4 Å². The molecule has 4 rings (SSSR count). The van der Waals surface area contributed by atoms with E-state index in [1.165, 1.54) is 12.1 Å². The number of hydrogen-bond donors (Lipinski definition) is 2. The number of aromatic nitrogens is 2. The van der Waals surface area contributed by atoms with Crippen molar-refractivity contribution in [2.24, 2.45) is 0 Å². The minimum absolute atomic E-state index is 0.160. The first-order valence-electron chi connectivity index (χ1n) is 11.7. The predicted octanol–water partition coefficient (Wildman–Crippen LogP) is 3.96. The summed E-state index contributed by atoms with van der Waals surface area (Å²) >= 11 is 0. The van der Waals surface area contributed by atoms with Crippen LogP contribution in [0.4, 0.5) is 10.2 Å². The molecule has 1 atom stereocenters. The number of aryl methyl sites for hydroxylation is 1. The predicted molar refractivity (Wildman–Crippen MR) is 137 cm³/mol. The van der Waals surface area contributed by atoms with Gasteiger partial charge in [0.05, 0.1) is 17.4 Å². The summed E-state index contributed by atoms with van der Waals surface area (Å²) in [5.74, 6) is 0.376. The molecule has 2 aliphatic rings. The van der Waals surface area contributed by atoms with Crippen LogP contribution >= 0.6 is 0 Å². The third-order valence-corrected chi connectivity index (χ3v) is 6.99. The van der Waals surface area contributed by atoms with E-state index in [2.05, 4.69) is 29.6 Å². The molecule has 1 unspecified atom stereocenters. The van der Waals surface area contributed by atoms with Gasteiger partial charge in [-0.15, -0.1) is 0 Å². The van der Waals surface area contributed by atoms with Gasteiger partial charge in [-0.1, -0.05) is 26.0 Å². The van der Waals surface area contributed by atoms with Crippen molar-refractivity contribution in [1.82, 2.24) is 15.1 Å². The van der Waals surface area contributed by atoms with Crippen molar-refractivity contribution >= 4 is 21.6 Å². The zero-order valence-electron chi connectivity index (χ0n) is 20.6. The Bertz CT molecular complexity index is 1420. The third-order valence-electron chi connectivity index (χ3n) is 5.88. The summed E-state index contributed by atoms with van der Waals surface area (Å²) in [5.41, 5.74) is 1.85. The zero-order valence-corrected chi connectivity index (χ0v) is 21.4. The topological polar surface area (TPSA) is 102 Å². The smallest absolute Gasteiger partial charge is 0.230 e. The molecule has 1 amide bonds. The standard InChI is InChI=1S/C26H29FN4O4S/c1-5-31-23(16(2)3)15-25(30-31)29-26(32)12-17-6-7-18(13-21(17)27)35-24-10-11-28-22-9-8-19(14-20(22)24)36(4,33)34/h6-11,13-16,22,28H,5,12H2,1-4H3,(H,29,30,32). The van der Waals surface area contributed by atoms with Gasteiger partial charge in [-0.05, 0) is 42.7 Å². The molecule has 8 nitrogen and oxygen atoms in total. The number of nitrogens with one attached hydrogen (secondary N) is 2. The number of carbonyl (C=O) groups is 1. The first kappa shape index (κ1) is 25.4.